The number of carbonyl (C=O) groups is 1. The molecule has 0 radical (unpaired) electrons. The van der Waals surface area contributed by atoms with E-state index in [4.69, 9.17) is 0 Å². The number of amides is 1. The minimum absolute atomic E-state index is 0.0387. The Kier molecular flexibility index (Phi) is 7.24. The number of hydrogen-bond donors (Lipinski definition) is 1. The predicted octanol–water partition coefficient (Wildman–Crippen LogP) is 4.20. The Hall–Kier alpha value is -3.27. The lowest BCUT2D eigenvalue weighted by atomic mass is 10.1. The van der Waals surface area contributed by atoms with Crippen molar-refractivity contribution >= 4 is 5.91 Å². The largest absolute Gasteiger partial charge is 0.435 e. The van der Waals surface area contributed by atoms with E-state index in [1.54, 1.807) is 6.07 Å². The van der Waals surface area contributed by atoms with Crippen molar-refractivity contribution in [1.82, 2.24) is 25.2 Å². The van der Waals surface area contributed by atoms with Crippen LogP contribution < -0.4 is 5.32 Å². The fraction of sp³-hybridized carbons (Fsp3) is 0.318. The van der Waals surface area contributed by atoms with E-state index < -0.39 is 29.3 Å². The number of carbonyl (C=O) groups excluding carboxylic acids is 1. The molecule has 0 fully saturated rings. The Morgan fingerprint density at radius 2 is 1.66 bits per heavy atom. The molecular formula is C22H23F4N5O. The van der Waals surface area contributed by atoms with Crippen LogP contribution in [0, 0.1) is 5.82 Å². The maximum absolute atomic E-state index is 13.8. The van der Waals surface area contributed by atoms with Gasteiger partial charge in [0.2, 0.25) is 0 Å². The van der Waals surface area contributed by atoms with Gasteiger partial charge in [0.1, 0.15) is 5.82 Å². The predicted molar refractivity (Wildman–Crippen MR) is 111 cm³/mol. The van der Waals surface area contributed by atoms with Gasteiger partial charge in [-0.3, -0.25) is 9.69 Å². The van der Waals surface area contributed by atoms with Crippen molar-refractivity contribution in [3.05, 3.63) is 76.9 Å². The zero-order chi connectivity index (χ0) is 23.3. The number of nitrogens with one attached hydrogen (secondary N) is 1. The minimum atomic E-state index is -4.90. The summed E-state index contributed by atoms with van der Waals surface area (Å²) in [6.45, 7) is 6.47. The second kappa shape index (κ2) is 9.90. The number of halogens is 4. The molecule has 0 unspecified atom stereocenters. The third-order valence-corrected chi connectivity index (χ3v) is 5.07. The summed E-state index contributed by atoms with van der Waals surface area (Å²) in [6.07, 6.45) is -4.90. The molecular weight excluding hydrogens is 426 g/mol. The standard InChI is InChI=1S/C22H23F4N5O/c1-3-30(4-2)14-16-8-6-5-7-15(16)13-27-21(32)19-20(22(24,25)26)31(29-28-19)18-11-9-17(23)10-12-18/h5-12H,3-4,13-14H2,1-2H3,(H,27,32). The Bertz CT molecular complexity index is 1060. The topological polar surface area (TPSA) is 63.1 Å². The normalized spacial score (nSPS) is 11.7. The quantitative estimate of drug-likeness (QED) is 0.524. The molecule has 0 bridgehead atoms. The monoisotopic (exact) mass is 449 g/mol. The molecule has 3 aromatic rings. The number of hydrogen-bond acceptors (Lipinski definition) is 4. The lowest BCUT2D eigenvalue weighted by Gasteiger charge is -2.20. The number of nitrogens with zero attached hydrogens (tertiary/aromatic N) is 4. The van der Waals surface area contributed by atoms with Gasteiger partial charge >= 0.3 is 6.18 Å². The summed E-state index contributed by atoms with van der Waals surface area (Å²) in [5.41, 5.74) is -0.453. The molecule has 0 aliphatic heterocycles. The van der Waals surface area contributed by atoms with Crippen molar-refractivity contribution < 1.29 is 22.4 Å². The minimum Gasteiger partial charge on any atom is -0.346 e. The van der Waals surface area contributed by atoms with Gasteiger partial charge in [-0.1, -0.05) is 43.3 Å². The van der Waals surface area contributed by atoms with Crippen LogP contribution in [0.1, 0.15) is 41.2 Å². The van der Waals surface area contributed by atoms with Crippen molar-refractivity contribution in [3.63, 3.8) is 0 Å². The van der Waals surface area contributed by atoms with Gasteiger partial charge in [-0.05, 0) is 48.5 Å². The lowest BCUT2D eigenvalue weighted by Crippen LogP contribution is -2.28. The molecule has 1 heterocycles. The van der Waals surface area contributed by atoms with E-state index in [2.05, 4.69) is 20.5 Å². The Labute approximate surface area is 182 Å². The second-order valence-corrected chi connectivity index (χ2v) is 7.09. The fourth-order valence-electron chi connectivity index (χ4n) is 3.28. The van der Waals surface area contributed by atoms with Gasteiger partial charge in [-0.25, -0.2) is 9.07 Å². The smallest absolute Gasteiger partial charge is 0.346 e. The van der Waals surface area contributed by atoms with Gasteiger partial charge in [0.25, 0.3) is 5.91 Å². The van der Waals surface area contributed by atoms with E-state index in [0.29, 0.717) is 11.2 Å². The highest BCUT2D eigenvalue weighted by atomic mass is 19.4. The van der Waals surface area contributed by atoms with Gasteiger partial charge in [0.15, 0.2) is 11.4 Å². The molecule has 0 saturated heterocycles. The van der Waals surface area contributed by atoms with Crippen LogP contribution in [0.15, 0.2) is 48.5 Å². The Morgan fingerprint density at radius 3 is 2.25 bits per heavy atom. The molecule has 1 aromatic heterocycles. The Morgan fingerprint density at radius 1 is 1.03 bits per heavy atom. The molecule has 0 atom stereocenters. The third-order valence-electron chi connectivity index (χ3n) is 5.07. The van der Waals surface area contributed by atoms with Crippen LogP contribution in [-0.4, -0.2) is 38.9 Å². The summed E-state index contributed by atoms with van der Waals surface area (Å²) in [5, 5.41) is 9.48. The van der Waals surface area contributed by atoms with Crippen LogP contribution in [0.3, 0.4) is 0 Å². The molecule has 0 aliphatic carbocycles. The van der Waals surface area contributed by atoms with Gasteiger partial charge in [0, 0.05) is 13.1 Å². The van der Waals surface area contributed by atoms with Crippen molar-refractivity contribution in [3.8, 4) is 5.69 Å². The van der Waals surface area contributed by atoms with Gasteiger partial charge in [0.05, 0.1) is 5.69 Å². The first-order valence-electron chi connectivity index (χ1n) is 10.1. The molecule has 1 N–H and O–H groups in total. The zero-order valence-electron chi connectivity index (χ0n) is 17.7. The molecule has 170 valence electrons. The lowest BCUT2D eigenvalue weighted by molar-refractivity contribution is -0.143. The molecule has 6 nitrogen and oxygen atoms in total. The van der Waals surface area contributed by atoms with E-state index in [1.807, 2.05) is 32.0 Å². The van der Waals surface area contributed by atoms with E-state index >= 15 is 0 Å². The zero-order valence-corrected chi connectivity index (χ0v) is 17.7. The molecule has 0 saturated carbocycles. The SMILES string of the molecule is CCN(CC)Cc1ccccc1CNC(=O)c1nnn(-c2ccc(F)cc2)c1C(F)(F)F. The molecule has 0 spiro atoms. The highest BCUT2D eigenvalue weighted by Gasteiger charge is 2.42. The van der Waals surface area contributed by atoms with Crippen molar-refractivity contribution in [2.75, 3.05) is 13.1 Å². The first-order valence-corrected chi connectivity index (χ1v) is 10.1. The van der Waals surface area contributed by atoms with Crippen LogP contribution in [0.25, 0.3) is 5.69 Å². The molecule has 2 aromatic carbocycles. The van der Waals surface area contributed by atoms with Crippen LogP contribution in [-0.2, 0) is 19.3 Å². The van der Waals surface area contributed by atoms with E-state index in [0.717, 1.165) is 48.5 Å². The maximum Gasteiger partial charge on any atom is 0.435 e. The molecule has 10 heteroatoms. The van der Waals surface area contributed by atoms with Crippen molar-refractivity contribution in [2.45, 2.75) is 33.1 Å². The molecule has 1 amide bonds. The summed E-state index contributed by atoms with van der Waals surface area (Å²) in [5.74, 6) is -1.60. The second-order valence-electron chi connectivity index (χ2n) is 7.09. The van der Waals surface area contributed by atoms with Crippen LogP contribution >= 0.6 is 0 Å². The summed E-state index contributed by atoms with van der Waals surface area (Å²) in [6, 6.07) is 11.7. The van der Waals surface area contributed by atoms with E-state index in [1.165, 1.54) is 0 Å². The van der Waals surface area contributed by atoms with Gasteiger partial charge in [-0.15, -0.1) is 5.10 Å². The molecule has 3 rings (SSSR count). The van der Waals surface area contributed by atoms with Crippen molar-refractivity contribution in [1.29, 1.82) is 0 Å². The summed E-state index contributed by atoms with van der Waals surface area (Å²) < 4.78 is 54.9. The average Bonchev–Trinajstić information content (AvgIpc) is 3.23. The van der Waals surface area contributed by atoms with Gasteiger partial charge in [-0.2, -0.15) is 13.2 Å². The van der Waals surface area contributed by atoms with Crippen LogP contribution in [0.2, 0.25) is 0 Å². The van der Waals surface area contributed by atoms with E-state index in [-0.39, 0.29) is 12.2 Å². The first-order chi connectivity index (χ1) is 15.2. The Balaban J connectivity index is 1.84. The maximum atomic E-state index is 13.8. The molecule has 0 aliphatic rings. The van der Waals surface area contributed by atoms with Crippen LogP contribution in [0.4, 0.5) is 17.6 Å². The third kappa shape index (κ3) is 5.31. The van der Waals surface area contributed by atoms with E-state index in [9.17, 15) is 22.4 Å². The summed E-state index contributed by atoms with van der Waals surface area (Å²) >= 11 is 0. The molecule has 32 heavy (non-hydrogen) atoms. The first kappa shape index (κ1) is 23.4. The van der Waals surface area contributed by atoms with Crippen molar-refractivity contribution in [2.24, 2.45) is 0 Å². The number of aromatic nitrogens is 3. The highest BCUT2D eigenvalue weighted by molar-refractivity contribution is 5.93. The fourth-order valence-corrected chi connectivity index (χ4v) is 3.28. The summed E-state index contributed by atoms with van der Waals surface area (Å²) in [7, 11) is 0. The van der Waals surface area contributed by atoms with Crippen LogP contribution in [0.5, 0.6) is 0 Å². The highest BCUT2D eigenvalue weighted by Crippen LogP contribution is 2.32. The summed E-state index contributed by atoms with van der Waals surface area (Å²) in [4.78, 5) is 14.8. The number of benzene rings is 2. The number of alkyl halides is 3. The van der Waals surface area contributed by atoms with Gasteiger partial charge < -0.3 is 5.32 Å². The average molecular weight is 449 g/mol. The number of rotatable bonds is 8.